The second-order valence-electron chi connectivity index (χ2n) is 7.97. The summed E-state index contributed by atoms with van der Waals surface area (Å²) in [5.41, 5.74) is 2.39. The summed E-state index contributed by atoms with van der Waals surface area (Å²) in [4.78, 5) is 37.5. The Hall–Kier alpha value is -3.00. The van der Waals surface area contributed by atoms with Gasteiger partial charge in [-0.3, -0.25) is 19.8 Å². The molecule has 1 aliphatic heterocycles. The van der Waals surface area contributed by atoms with Gasteiger partial charge in [-0.25, -0.2) is 9.97 Å². The number of fused-ring (bicyclic) bond motifs is 1. The van der Waals surface area contributed by atoms with Gasteiger partial charge in [-0.1, -0.05) is 19.1 Å². The van der Waals surface area contributed by atoms with Crippen molar-refractivity contribution >= 4 is 23.3 Å². The van der Waals surface area contributed by atoms with Crippen LogP contribution in [-0.2, 0) is 11.2 Å². The highest BCUT2D eigenvalue weighted by molar-refractivity contribution is 5.98. The molecule has 1 aromatic carbocycles. The Morgan fingerprint density at radius 2 is 1.97 bits per heavy atom. The van der Waals surface area contributed by atoms with Gasteiger partial charge in [-0.15, -0.1) is 0 Å². The van der Waals surface area contributed by atoms with Crippen LogP contribution in [0.5, 0.6) is 5.75 Å². The number of amides is 1. The highest BCUT2D eigenvalue weighted by Crippen LogP contribution is 2.28. The summed E-state index contributed by atoms with van der Waals surface area (Å²) in [7, 11) is 1.68. The number of nitrogens with one attached hydrogen (secondary N) is 1. The number of carbonyl (C=O) groups excluding carboxylic acids is 2. The average Bonchev–Trinajstić information content (AvgIpc) is 2.74. The number of piperazine rings is 1. The zero-order valence-corrected chi connectivity index (χ0v) is 17.4. The van der Waals surface area contributed by atoms with Crippen LogP contribution in [0.3, 0.4) is 0 Å². The summed E-state index contributed by atoms with van der Waals surface area (Å²) >= 11 is 0. The highest BCUT2D eigenvalue weighted by Gasteiger charge is 2.25. The fourth-order valence-electron chi connectivity index (χ4n) is 4.10. The van der Waals surface area contributed by atoms with Gasteiger partial charge in [0, 0.05) is 38.8 Å². The molecule has 2 heterocycles. The number of para-hydroxylation sites is 2. The molecule has 1 atom stereocenters. The molecule has 0 unspecified atom stereocenters. The standard InChI is InChI=1S/C22H27N5O3/c1-15-11-17-16(19(28)12-15)13-23-22(24-17)25-21(29)14-26-7-9-27(10-8-26)18-5-3-4-6-20(18)30-2/h3-6,13,15H,7-12,14H2,1-2H3,(H,23,24,25,29)/t15-/m0/s1. The van der Waals surface area contributed by atoms with Crippen molar-refractivity contribution in [1.29, 1.82) is 0 Å². The van der Waals surface area contributed by atoms with Gasteiger partial charge in [0.1, 0.15) is 5.75 Å². The fourth-order valence-corrected chi connectivity index (χ4v) is 4.10. The Balaban J connectivity index is 1.31. The third-order valence-corrected chi connectivity index (χ3v) is 5.66. The van der Waals surface area contributed by atoms with Gasteiger partial charge in [-0.2, -0.15) is 0 Å². The summed E-state index contributed by atoms with van der Waals surface area (Å²) in [6.45, 7) is 5.53. The molecular formula is C22H27N5O3. The first-order valence-electron chi connectivity index (χ1n) is 10.3. The number of ketones is 1. The van der Waals surface area contributed by atoms with Crippen LogP contribution in [0.4, 0.5) is 11.6 Å². The Bertz CT molecular complexity index is 940. The van der Waals surface area contributed by atoms with Gasteiger partial charge in [0.2, 0.25) is 11.9 Å². The molecule has 1 N–H and O–H groups in total. The number of hydrogen-bond acceptors (Lipinski definition) is 7. The number of aromatic nitrogens is 2. The predicted molar refractivity (Wildman–Crippen MR) is 114 cm³/mol. The maximum absolute atomic E-state index is 12.5. The number of carbonyl (C=O) groups is 2. The number of anilines is 2. The molecule has 158 valence electrons. The van der Waals surface area contributed by atoms with Crippen LogP contribution in [0, 0.1) is 5.92 Å². The highest BCUT2D eigenvalue weighted by atomic mass is 16.5. The molecule has 8 nitrogen and oxygen atoms in total. The zero-order chi connectivity index (χ0) is 21.1. The summed E-state index contributed by atoms with van der Waals surface area (Å²) in [6, 6.07) is 7.98. The van der Waals surface area contributed by atoms with E-state index in [1.54, 1.807) is 7.11 Å². The molecule has 1 amide bonds. The topological polar surface area (TPSA) is 87.7 Å². The maximum Gasteiger partial charge on any atom is 0.240 e. The largest absolute Gasteiger partial charge is 0.495 e. The van der Waals surface area contributed by atoms with E-state index >= 15 is 0 Å². The van der Waals surface area contributed by atoms with E-state index in [9.17, 15) is 9.59 Å². The lowest BCUT2D eigenvalue weighted by atomic mass is 9.88. The molecule has 8 heteroatoms. The van der Waals surface area contributed by atoms with Crippen molar-refractivity contribution in [3.63, 3.8) is 0 Å². The van der Waals surface area contributed by atoms with Gasteiger partial charge in [0.05, 0.1) is 30.6 Å². The molecule has 2 aromatic rings. The fraction of sp³-hybridized carbons (Fsp3) is 0.455. The van der Waals surface area contributed by atoms with E-state index in [1.807, 2.05) is 25.1 Å². The normalized spacial score (nSPS) is 19.3. The summed E-state index contributed by atoms with van der Waals surface area (Å²) < 4.78 is 5.45. The lowest BCUT2D eigenvalue weighted by molar-refractivity contribution is -0.117. The Morgan fingerprint density at radius 3 is 2.73 bits per heavy atom. The number of Topliss-reactive ketones (excluding diaryl/α,β-unsaturated/α-hetero) is 1. The quantitative estimate of drug-likeness (QED) is 0.808. The monoisotopic (exact) mass is 409 g/mol. The first-order chi connectivity index (χ1) is 14.5. The van der Waals surface area contributed by atoms with Crippen molar-refractivity contribution < 1.29 is 14.3 Å². The van der Waals surface area contributed by atoms with Gasteiger partial charge in [0.25, 0.3) is 0 Å². The molecule has 0 saturated carbocycles. The number of benzene rings is 1. The van der Waals surface area contributed by atoms with Crippen LogP contribution >= 0.6 is 0 Å². The third kappa shape index (κ3) is 4.43. The molecule has 1 saturated heterocycles. The average molecular weight is 409 g/mol. The van der Waals surface area contributed by atoms with Gasteiger partial charge < -0.3 is 9.64 Å². The molecule has 0 radical (unpaired) electrons. The molecule has 30 heavy (non-hydrogen) atoms. The maximum atomic E-state index is 12.5. The van der Waals surface area contributed by atoms with E-state index in [-0.39, 0.29) is 30.1 Å². The summed E-state index contributed by atoms with van der Waals surface area (Å²) in [6.07, 6.45) is 2.80. The lowest BCUT2D eigenvalue weighted by Crippen LogP contribution is -2.48. The molecular weight excluding hydrogens is 382 g/mol. The second-order valence-corrected chi connectivity index (χ2v) is 7.97. The van der Waals surface area contributed by atoms with Crippen LogP contribution in [0.25, 0.3) is 0 Å². The van der Waals surface area contributed by atoms with Crippen LogP contribution < -0.4 is 15.0 Å². The lowest BCUT2D eigenvalue weighted by Gasteiger charge is -2.36. The molecule has 4 rings (SSSR count). The molecule has 1 aliphatic carbocycles. The minimum absolute atomic E-state index is 0.0783. The van der Waals surface area contributed by atoms with E-state index in [1.165, 1.54) is 6.20 Å². The van der Waals surface area contributed by atoms with E-state index in [4.69, 9.17) is 4.74 Å². The molecule has 1 fully saturated rings. The minimum atomic E-state index is -0.143. The molecule has 0 spiro atoms. The minimum Gasteiger partial charge on any atom is -0.495 e. The number of ether oxygens (including phenoxy) is 1. The Labute approximate surface area is 176 Å². The van der Waals surface area contributed by atoms with Crippen molar-refractivity contribution in [3.05, 3.63) is 41.7 Å². The Morgan fingerprint density at radius 1 is 1.20 bits per heavy atom. The van der Waals surface area contributed by atoms with Crippen LogP contribution in [-0.4, -0.2) is 66.4 Å². The van der Waals surface area contributed by atoms with Gasteiger partial charge >= 0.3 is 0 Å². The van der Waals surface area contributed by atoms with Crippen LogP contribution in [0.15, 0.2) is 30.5 Å². The van der Waals surface area contributed by atoms with E-state index in [2.05, 4.69) is 31.2 Å². The number of nitrogens with zero attached hydrogens (tertiary/aromatic N) is 4. The molecule has 2 aliphatic rings. The van der Waals surface area contributed by atoms with Crippen molar-refractivity contribution in [2.75, 3.05) is 50.1 Å². The number of methoxy groups -OCH3 is 1. The van der Waals surface area contributed by atoms with Crippen LogP contribution in [0.1, 0.15) is 29.4 Å². The van der Waals surface area contributed by atoms with Crippen LogP contribution in [0.2, 0.25) is 0 Å². The third-order valence-electron chi connectivity index (χ3n) is 5.66. The van der Waals surface area contributed by atoms with Crippen molar-refractivity contribution in [1.82, 2.24) is 14.9 Å². The van der Waals surface area contributed by atoms with E-state index < -0.39 is 0 Å². The van der Waals surface area contributed by atoms with E-state index in [0.29, 0.717) is 12.0 Å². The first kappa shape index (κ1) is 20.3. The van der Waals surface area contributed by atoms with Gasteiger partial charge in [-0.05, 0) is 24.5 Å². The first-order valence-corrected chi connectivity index (χ1v) is 10.3. The predicted octanol–water partition coefficient (Wildman–Crippen LogP) is 2.01. The van der Waals surface area contributed by atoms with Crippen molar-refractivity contribution in [2.45, 2.75) is 19.8 Å². The van der Waals surface area contributed by atoms with Crippen molar-refractivity contribution in [3.8, 4) is 5.75 Å². The smallest absolute Gasteiger partial charge is 0.240 e. The summed E-state index contributed by atoms with van der Waals surface area (Å²) in [5, 5.41) is 2.78. The van der Waals surface area contributed by atoms with Gasteiger partial charge in [0.15, 0.2) is 5.78 Å². The Kier molecular flexibility index (Phi) is 5.94. The SMILES string of the molecule is COc1ccccc1N1CCN(CC(=O)Nc2ncc3c(n2)C[C@H](C)CC3=O)CC1. The van der Waals surface area contributed by atoms with E-state index in [0.717, 1.165) is 49.7 Å². The second kappa shape index (κ2) is 8.79. The van der Waals surface area contributed by atoms with Crippen molar-refractivity contribution in [2.24, 2.45) is 5.92 Å². The molecule has 1 aromatic heterocycles. The number of hydrogen-bond donors (Lipinski definition) is 1. The molecule has 0 bridgehead atoms. The zero-order valence-electron chi connectivity index (χ0n) is 17.4. The summed E-state index contributed by atoms with van der Waals surface area (Å²) in [5.74, 6) is 1.34. The number of rotatable bonds is 5.